The van der Waals surface area contributed by atoms with Gasteiger partial charge < -0.3 is 9.47 Å². The van der Waals surface area contributed by atoms with Gasteiger partial charge in [-0.3, -0.25) is 4.31 Å². The highest BCUT2D eigenvalue weighted by molar-refractivity contribution is 7.93. The molecule has 2 aliphatic rings. The average Bonchev–Trinajstić information content (AvgIpc) is 3.06. The van der Waals surface area contributed by atoms with Crippen LogP contribution in [0.25, 0.3) is 0 Å². The Morgan fingerprint density at radius 2 is 2.16 bits per heavy atom. The second kappa shape index (κ2) is 5.94. The summed E-state index contributed by atoms with van der Waals surface area (Å²) in [6, 6.07) is 5.66. The van der Waals surface area contributed by atoms with Crippen molar-refractivity contribution in [2.45, 2.75) is 37.1 Å². The van der Waals surface area contributed by atoms with Crippen LogP contribution in [0.15, 0.2) is 29.3 Å². The Balaban J connectivity index is 1.85. The maximum absolute atomic E-state index is 13.4. The molecule has 1 unspecified atom stereocenters. The van der Waals surface area contributed by atoms with Crippen molar-refractivity contribution in [3.8, 4) is 11.6 Å². The summed E-state index contributed by atoms with van der Waals surface area (Å²) in [5, 5.41) is 4.19. The highest BCUT2D eigenvalue weighted by Crippen LogP contribution is 2.44. The molecule has 1 aromatic heterocycles. The molecular formula is C17H21N3O4S. The first-order chi connectivity index (χ1) is 12.0. The lowest BCUT2D eigenvalue weighted by Gasteiger charge is -2.34. The third-order valence-corrected chi connectivity index (χ3v) is 6.66. The number of anilines is 1. The minimum absolute atomic E-state index is 0.124. The van der Waals surface area contributed by atoms with Crippen LogP contribution in [0.5, 0.6) is 11.6 Å². The zero-order valence-corrected chi connectivity index (χ0v) is 15.1. The van der Waals surface area contributed by atoms with Crippen molar-refractivity contribution < 1.29 is 17.9 Å². The SMILES string of the molecule is COc1cccc2c1N(S(=O)(=O)c1cnn3c1OCCC3)CCC2C. The Morgan fingerprint density at radius 3 is 2.96 bits per heavy atom. The second-order valence-corrected chi connectivity index (χ2v) is 8.23. The van der Waals surface area contributed by atoms with Crippen LogP contribution in [-0.4, -0.2) is 38.5 Å². The number of methoxy groups -OCH3 is 1. The first-order valence-corrected chi connectivity index (χ1v) is 9.86. The minimum Gasteiger partial charge on any atom is -0.495 e. The molecular weight excluding hydrogens is 342 g/mol. The molecule has 25 heavy (non-hydrogen) atoms. The van der Waals surface area contributed by atoms with Crippen LogP contribution in [0.4, 0.5) is 5.69 Å². The van der Waals surface area contributed by atoms with E-state index in [-0.39, 0.29) is 10.8 Å². The lowest BCUT2D eigenvalue weighted by atomic mass is 9.92. The molecule has 1 aromatic carbocycles. The normalized spacial score (nSPS) is 19.8. The second-order valence-electron chi connectivity index (χ2n) is 6.40. The number of sulfonamides is 1. The van der Waals surface area contributed by atoms with Crippen molar-refractivity contribution in [1.82, 2.24) is 9.78 Å². The van der Waals surface area contributed by atoms with E-state index in [4.69, 9.17) is 9.47 Å². The molecule has 0 saturated heterocycles. The number of benzene rings is 1. The van der Waals surface area contributed by atoms with Gasteiger partial charge in [0.05, 0.1) is 25.6 Å². The van der Waals surface area contributed by atoms with E-state index in [9.17, 15) is 8.42 Å². The Labute approximate surface area is 147 Å². The van der Waals surface area contributed by atoms with Crippen LogP contribution < -0.4 is 13.8 Å². The average molecular weight is 363 g/mol. The van der Waals surface area contributed by atoms with E-state index in [1.807, 2.05) is 12.1 Å². The van der Waals surface area contributed by atoms with Crippen LogP contribution in [0.3, 0.4) is 0 Å². The van der Waals surface area contributed by atoms with Gasteiger partial charge in [0.25, 0.3) is 10.0 Å². The molecule has 7 nitrogen and oxygen atoms in total. The van der Waals surface area contributed by atoms with E-state index in [1.165, 1.54) is 10.5 Å². The molecule has 134 valence electrons. The maximum Gasteiger partial charge on any atom is 0.271 e. The summed E-state index contributed by atoms with van der Waals surface area (Å²) in [6.45, 7) is 3.68. The molecule has 4 rings (SSSR count). The minimum atomic E-state index is -3.78. The van der Waals surface area contributed by atoms with Crippen LogP contribution in [-0.2, 0) is 16.6 Å². The van der Waals surface area contributed by atoms with Gasteiger partial charge in [-0.25, -0.2) is 13.1 Å². The molecule has 0 bridgehead atoms. The first-order valence-electron chi connectivity index (χ1n) is 8.42. The van der Waals surface area contributed by atoms with Crippen molar-refractivity contribution in [3.05, 3.63) is 30.0 Å². The fourth-order valence-electron chi connectivity index (χ4n) is 3.53. The fourth-order valence-corrected chi connectivity index (χ4v) is 5.11. The Morgan fingerprint density at radius 1 is 1.32 bits per heavy atom. The molecule has 0 fully saturated rings. The zero-order chi connectivity index (χ0) is 17.6. The summed E-state index contributed by atoms with van der Waals surface area (Å²) in [5.74, 6) is 1.17. The van der Waals surface area contributed by atoms with Crippen molar-refractivity contribution in [3.63, 3.8) is 0 Å². The number of para-hydroxylation sites is 1. The largest absolute Gasteiger partial charge is 0.495 e. The summed E-state index contributed by atoms with van der Waals surface area (Å²) >= 11 is 0. The number of fused-ring (bicyclic) bond motifs is 2. The summed E-state index contributed by atoms with van der Waals surface area (Å²) in [6.07, 6.45) is 2.97. The topological polar surface area (TPSA) is 73.7 Å². The van der Waals surface area contributed by atoms with Crippen molar-refractivity contribution in [2.24, 2.45) is 0 Å². The monoisotopic (exact) mass is 363 g/mol. The molecule has 2 aliphatic heterocycles. The van der Waals surface area contributed by atoms with E-state index in [0.717, 1.165) is 18.4 Å². The number of nitrogens with zero attached hydrogens (tertiary/aromatic N) is 3. The Kier molecular flexibility index (Phi) is 3.87. The van der Waals surface area contributed by atoms with E-state index >= 15 is 0 Å². The van der Waals surface area contributed by atoms with Gasteiger partial charge in [-0.1, -0.05) is 19.1 Å². The van der Waals surface area contributed by atoms with Gasteiger partial charge >= 0.3 is 0 Å². The molecule has 0 amide bonds. The quantitative estimate of drug-likeness (QED) is 0.837. The van der Waals surface area contributed by atoms with Gasteiger partial charge in [0, 0.05) is 19.5 Å². The van der Waals surface area contributed by atoms with Crippen LogP contribution in [0, 0.1) is 0 Å². The standard InChI is InChI=1S/C17H21N3O4S/c1-12-7-9-20(16-13(12)5-3-6-14(16)23-2)25(21,22)15-11-18-19-8-4-10-24-17(15)19/h3,5-6,11-12H,4,7-10H2,1-2H3. The van der Waals surface area contributed by atoms with Crippen LogP contribution in [0.2, 0.25) is 0 Å². The van der Waals surface area contributed by atoms with Crippen LogP contribution in [0.1, 0.15) is 31.2 Å². The number of hydrogen-bond acceptors (Lipinski definition) is 5. The molecule has 0 radical (unpaired) electrons. The molecule has 0 aliphatic carbocycles. The van der Waals surface area contributed by atoms with Gasteiger partial charge in [-0.2, -0.15) is 5.10 Å². The number of hydrogen-bond donors (Lipinski definition) is 0. The van der Waals surface area contributed by atoms with Crippen molar-refractivity contribution >= 4 is 15.7 Å². The molecule has 3 heterocycles. The molecule has 0 N–H and O–H groups in total. The first kappa shape index (κ1) is 16.3. The van der Waals surface area contributed by atoms with Gasteiger partial charge in [0.1, 0.15) is 5.75 Å². The fraction of sp³-hybridized carbons (Fsp3) is 0.471. The summed E-state index contributed by atoms with van der Waals surface area (Å²) in [4.78, 5) is 0.124. The lowest BCUT2D eigenvalue weighted by Crippen LogP contribution is -2.37. The number of rotatable bonds is 3. The summed E-state index contributed by atoms with van der Waals surface area (Å²) in [5.41, 5.74) is 1.61. The lowest BCUT2D eigenvalue weighted by molar-refractivity contribution is 0.224. The van der Waals surface area contributed by atoms with E-state index in [0.29, 0.717) is 37.0 Å². The molecule has 1 atom stereocenters. The van der Waals surface area contributed by atoms with Crippen molar-refractivity contribution in [2.75, 3.05) is 24.6 Å². The van der Waals surface area contributed by atoms with Crippen molar-refractivity contribution in [1.29, 1.82) is 0 Å². The van der Waals surface area contributed by atoms with E-state index in [2.05, 4.69) is 12.0 Å². The van der Waals surface area contributed by atoms with E-state index < -0.39 is 10.0 Å². The predicted octanol–water partition coefficient (Wildman–Crippen LogP) is 2.38. The third-order valence-electron chi connectivity index (χ3n) is 4.88. The number of aryl methyl sites for hydroxylation is 1. The smallest absolute Gasteiger partial charge is 0.271 e. The number of ether oxygens (including phenoxy) is 2. The predicted molar refractivity (Wildman–Crippen MR) is 92.9 cm³/mol. The summed E-state index contributed by atoms with van der Waals surface area (Å²) in [7, 11) is -2.22. The maximum atomic E-state index is 13.4. The highest BCUT2D eigenvalue weighted by atomic mass is 32.2. The van der Waals surface area contributed by atoms with Gasteiger partial charge in [-0.05, 0) is 24.0 Å². The molecule has 2 aromatic rings. The molecule has 8 heteroatoms. The Hall–Kier alpha value is -2.22. The molecule has 0 saturated carbocycles. The third kappa shape index (κ3) is 2.47. The van der Waals surface area contributed by atoms with Gasteiger partial charge in [0.2, 0.25) is 5.88 Å². The molecule has 0 spiro atoms. The Bertz CT molecular complexity index is 907. The van der Waals surface area contributed by atoms with Crippen LogP contribution >= 0.6 is 0 Å². The summed E-state index contributed by atoms with van der Waals surface area (Å²) < 4.78 is 40.9. The number of aromatic nitrogens is 2. The van der Waals surface area contributed by atoms with Gasteiger partial charge in [-0.15, -0.1) is 0 Å². The highest BCUT2D eigenvalue weighted by Gasteiger charge is 2.37. The van der Waals surface area contributed by atoms with Gasteiger partial charge in [0.15, 0.2) is 4.90 Å². The van der Waals surface area contributed by atoms with E-state index in [1.54, 1.807) is 17.9 Å². The zero-order valence-electron chi connectivity index (χ0n) is 14.3.